The van der Waals surface area contributed by atoms with E-state index in [4.69, 9.17) is 0 Å². The number of aromatic nitrogens is 1. The number of pyridine rings is 1. The van der Waals surface area contributed by atoms with Crippen LogP contribution in [-0.4, -0.2) is 34.8 Å². The number of piperidine rings is 1. The maximum atomic E-state index is 14.0. The van der Waals surface area contributed by atoms with Crippen molar-refractivity contribution in [3.8, 4) is 0 Å². The van der Waals surface area contributed by atoms with Crippen molar-refractivity contribution in [2.45, 2.75) is 32.9 Å². The Labute approximate surface area is 148 Å². The van der Waals surface area contributed by atoms with E-state index in [1.54, 1.807) is 12.1 Å². The fourth-order valence-electron chi connectivity index (χ4n) is 3.51. The Morgan fingerprint density at radius 3 is 2.84 bits per heavy atom. The zero-order valence-electron chi connectivity index (χ0n) is 14.7. The van der Waals surface area contributed by atoms with Crippen LogP contribution in [0.4, 0.5) is 10.1 Å². The number of hydrogen-bond donors (Lipinski definition) is 1. The normalized spacial score (nSPS) is 21.1. The van der Waals surface area contributed by atoms with E-state index >= 15 is 0 Å². The predicted molar refractivity (Wildman–Crippen MR) is 97.1 cm³/mol. The molecular weight excluding hydrogens is 317 g/mol. The molecule has 1 N–H and O–H groups in total. The van der Waals surface area contributed by atoms with Crippen molar-refractivity contribution < 1.29 is 9.18 Å². The van der Waals surface area contributed by atoms with E-state index in [1.807, 2.05) is 24.4 Å². The Kier molecular flexibility index (Phi) is 5.43. The highest BCUT2D eigenvalue weighted by atomic mass is 19.1. The van der Waals surface area contributed by atoms with Crippen LogP contribution in [0, 0.1) is 11.7 Å². The zero-order chi connectivity index (χ0) is 17.8. The maximum absolute atomic E-state index is 14.0. The smallest absolute Gasteiger partial charge is 0.164 e. The lowest BCUT2D eigenvalue weighted by Crippen LogP contribution is -2.45. The highest BCUT2D eigenvalue weighted by Crippen LogP contribution is 2.26. The molecule has 1 fully saturated rings. The van der Waals surface area contributed by atoms with E-state index in [1.165, 1.54) is 13.0 Å². The minimum atomic E-state index is -0.460. The molecule has 1 aromatic heterocycles. The average Bonchev–Trinajstić information content (AvgIpc) is 2.58. The number of anilines is 1. The molecule has 0 aliphatic carbocycles. The van der Waals surface area contributed by atoms with Gasteiger partial charge in [0.2, 0.25) is 0 Å². The van der Waals surface area contributed by atoms with Gasteiger partial charge in [0.1, 0.15) is 5.82 Å². The van der Waals surface area contributed by atoms with E-state index in [2.05, 4.69) is 22.1 Å². The van der Waals surface area contributed by atoms with Crippen molar-refractivity contribution in [1.29, 1.82) is 0 Å². The molecule has 2 atom stereocenters. The van der Waals surface area contributed by atoms with Crippen molar-refractivity contribution in [3.05, 3.63) is 59.7 Å². The molecule has 3 rings (SSSR count). The number of hydrogen-bond acceptors (Lipinski definition) is 4. The van der Waals surface area contributed by atoms with E-state index < -0.39 is 5.82 Å². The summed E-state index contributed by atoms with van der Waals surface area (Å²) in [7, 11) is 0. The van der Waals surface area contributed by atoms with Crippen LogP contribution in [0.5, 0.6) is 0 Å². The van der Waals surface area contributed by atoms with Gasteiger partial charge in [-0.05, 0) is 43.5 Å². The molecular formula is C20H24FN3O. The van der Waals surface area contributed by atoms with Crippen molar-refractivity contribution in [3.63, 3.8) is 0 Å². The number of nitrogens with zero attached hydrogens (tertiary/aromatic N) is 2. The number of likely N-dealkylation sites (tertiary alicyclic amines) is 1. The first kappa shape index (κ1) is 17.5. The molecule has 2 heterocycles. The molecule has 1 aromatic carbocycles. The summed E-state index contributed by atoms with van der Waals surface area (Å²) in [5.41, 5.74) is 1.83. The van der Waals surface area contributed by atoms with Gasteiger partial charge in [-0.1, -0.05) is 19.1 Å². The Balaban J connectivity index is 1.65. The van der Waals surface area contributed by atoms with Gasteiger partial charge in [0.15, 0.2) is 5.78 Å². The summed E-state index contributed by atoms with van der Waals surface area (Å²) in [6.45, 7) is 6.33. The summed E-state index contributed by atoms with van der Waals surface area (Å²) in [5.74, 6) is -0.320. The number of Topliss-reactive ketones (excluding diaryl/α,β-unsaturated/α-hetero) is 1. The molecule has 1 aliphatic rings. The van der Waals surface area contributed by atoms with Crippen molar-refractivity contribution in [2.24, 2.45) is 5.92 Å². The van der Waals surface area contributed by atoms with Crippen LogP contribution >= 0.6 is 0 Å². The second-order valence-electron chi connectivity index (χ2n) is 6.79. The van der Waals surface area contributed by atoms with Gasteiger partial charge in [-0.15, -0.1) is 0 Å². The minimum Gasteiger partial charge on any atom is -0.381 e. The molecule has 5 heteroatoms. The van der Waals surface area contributed by atoms with Crippen LogP contribution in [0.1, 0.15) is 36.3 Å². The second-order valence-corrected chi connectivity index (χ2v) is 6.79. The van der Waals surface area contributed by atoms with E-state index in [9.17, 15) is 9.18 Å². The fraction of sp³-hybridized carbons (Fsp3) is 0.400. The molecule has 0 unspecified atom stereocenters. The summed E-state index contributed by atoms with van der Waals surface area (Å²) in [6, 6.07) is 11.0. The Morgan fingerprint density at radius 2 is 2.16 bits per heavy atom. The van der Waals surface area contributed by atoms with Gasteiger partial charge in [-0.3, -0.25) is 14.7 Å². The predicted octanol–water partition coefficient (Wildman–Crippen LogP) is 3.75. The van der Waals surface area contributed by atoms with Gasteiger partial charge < -0.3 is 5.32 Å². The van der Waals surface area contributed by atoms with Crippen LogP contribution in [0.2, 0.25) is 0 Å². The van der Waals surface area contributed by atoms with Gasteiger partial charge in [-0.25, -0.2) is 4.39 Å². The molecule has 0 saturated carbocycles. The molecule has 0 amide bonds. The first-order valence-corrected chi connectivity index (χ1v) is 8.73. The van der Waals surface area contributed by atoms with E-state index in [-0.39, 0.29) is 17.4 Å². The van der Waals surface area contributed by atoms with Crippen LogP contribution in [-0.2, 0) is 6.54 Å². The third-order valence-corrected chi connectivity index (χ3v) is 4.81. The largest absolute Gasteiger partial charge is 0.381 e. The van der Waals surface area contributed by atoms with Crippen LogP contribution in [0.15, 0.2) is 42.6 Å². The summed E-state index contributed by atoms with van der Waals surface area (Å²) < 4.78 is 14.0. The first-order chi connectivity index (χ1) is 12.0. The lowest BCUT2D eigenvalue weighted by molar-refractivity contribution is 0.101. The average molecular weight is 341 g/mol. The standard InChI is InChI=1S/C20H24FN3O/c1-14-12-24(13-16-6-3-4-10-22-16)11-9-18(14)23-19-8-5-7-17(21)20(19)15(2)25/h3-8,10,14,18,23H,9,11-13H2,1-2H3/t14-,18-/m1/s1. The third kappa shape index (κ3) is 4.23. The highest BCUT2D eigenvalue weighted by molar-refractivity contribution is 5.99. The Bertz CT molecular complexity index is 735. The number of benzene rings is 1. The molecule has 0 spiro atoms. The summed E-state index contributed by atoms with van der Waals surface area (Å²) >= 11 is 0. The molecule has 0 radical (unpaired) electrons. The number of ketones is 1. The van der Waals surface area contributed by atoms with Gasteiger partial charge >= 0.3 is 0 Å². The maximum Gasteiger partial charge on any atom is 0.164 e. The summed E-state index contributed by atoms with van der Waals surface area (Å²) in [4.78, 5) is 18.6. The van der Waals surface area contributed by atoms with Gasteiger partial charge in [0.05, 0.1) is 11.3 Å². The van der Waals surface area contributed by atoms with Gasteiger partial charge in [0.25, 0.3) is 0 Å². The molecule has 2 aromatic rings. The molecule has 1 saturated heterocycles. The molecule has 132 valence electrons. The molecule has 1 aliphatic heterocycles. The fourth-order valence-corrected chi connectivity index (χ4v) is 3.51. The van der Waals surface area contributed by atoms with Gasteiger partial charge in [0, 0.05) is 37.6 Å². The quantitative estimate of drug-likeness (QED) is 0.842. The summed E-state index contributed by atoms with van der Waals surface area (Å²) in [6.07, 6.45) is 2.77. The highest BCUT2D eigenvalue weighted by Gasteiger charge is 2.27. The van der Waals surface area contributed by atoms with E-state index in [0.29, 0.717) is 11.6 Å². The van der Waals surface area contributed by atoms with Crippen molar-refractivity contribution in [2.75, 3.05) is 18.4 Å². The number of halogens is 1. The number of nitrogens with one attached hydrogen (secondary N) is 1. The van der Waals surface area contributed by atoms with Gasteiger partial charge in [-0.2, -0.15) is 0 Å². The second kappa shape index (κ2) is 7.74. The number of carbonyl (C=O) groups is 1. The van der Waals surface area contributed by atoms with Crippen LogP contribution < -0.4 is 5.32 Å². The van der Waals surface area contributed by atoms with Crippen LogP contribution in [0.25, 0.3) is 0 Å². The Morgan fingerprint density at radius 1 is 1.32 bits per heavy atom. The SMILES string of the molecule is CC(=O)c1c(F)cccc1N[C@@H]1CCN(Cc2ccccn2)C[C@H]1C. The van der Waals surface area contributed by atoms with Crippen LogP contribution in [0.3, 0.4) is 0 Å². The third-order valence-electron chi connectivity index (χ3n) is 4.81. The monoisotopic (exact) mass is 341 g/mol. The first-order valence-electron chi connectivity index (χ1n) is 8.73. The van der Waals surface area contributed by atoms with Crippen molar-refractivity contribution in [1.82, 2.24) is 9.88 Å². The topological polar surface area (TPSA) is 45.2 Å². The van der Waals surface area contributed by atoms with Crippen molar-refractivity contribution >= 4 is 11.5 Å². The molecule has 4 nitrogen and oxygen atoms in total. The summed E-state index contributed by atoms with van der Waals surface area (Å²) in [5, 5.41) is 3.40. The Hall–Kier alpha value is -2.27. The molecule has 0 bridgehead atoms. The molecule has 25 heavy (non-hydrogen) atoms. The lowest BCUT2D eigenvalue weighted by atomic mass is 9.93. The number of carbonyl (C=O) groups excluding carboxylic acids is 1. The number of rotatable bonds is 5. The zero-order valence-corrected chi connectivity index (χ0v) is 14.7. The lowest BCUT2D eigenvalue weighted by Gasteiger charge is -2.37. The van der Waals surface area contributed by atoms with E-state index in [0.717, 1.165) is 31.7 Å². The minimum absolute atomic E-state index is 0.158.